The topological polar surface area (TPSA) is 6.48 Å². The zero-order chi connectivity index (χ0) is 17.6. The molecule has 0 atom stereocenters. The van der Waals surface area contributed by atoms with E-state index < -0.39 is 0 Å². The summed E-state index contributed by atoms with van der Waals surface area (Å²) in [6.07, 6.45) is 2.36. The van der Waals surface area contributed by atoms with Gasteiger partial charge in [0.15, 0.2) is 0 Å². The van der Waals surface area contributed by atoms with Gasteiger partial charge in [-0.25, -0.2) is 0 Å². The largest absolute Gasteiger partial charge is 0.282 e. The van der Waals surface area contributed by atoms with E-state index in [-0.39, 0.29) is 7.92 Å². The van der Waals surface area contributed by atoms with Gasteiger partial charge in [0.1, 0.15) is 0 Å². The van der Waals surface area contributed by atoms with Crippen LogP contribution in [0.15, 0.2) is 91.0 Å². The van der Waals surface area contributed by atoms with Gasteiger partial charge in [0, 0.05) is 25.7 Å². The van der Waals surface area contributed by atoms with Crippen molar-refractivity contribution in [1.29, 1.82) is 0 Å². The second-order valence-corrected chi connectivity index (χ2v) is 9.09. The van der Waals surface area contributed by atoms with Crippen molar-refractivity contribution in [2.45, 2.75) is 13.1 Å². The maximum Gasteiger partial charge on any atom is 0.0519 e. The molecule has 0 N–H and O–H groups in total. The van der Waals surface area contributed by atoms with E-state index in [9.17, 15) is 0 Å². The molecule has 3 aromatic rings. The molecule has 1 aliphatic heterocycles. The SMILES string of the molecule is c1ccc(CN2CN(Cc3ccccc3)CP(c3ccccc3)C2)cc1. The third kappa shape index (κ3) is 4.59. The zero-order valence-electron chi connectivity index (χ0n) is 15.0. The number of hydrogen-bond donors (Lipinski definition) is 0. The second kappa shape index (κ2) is 8.60. The summed E-state index contributed by atoms with van der Waals surface area (Å²) < 4.78 is 0. The molecule has 0 saturated carbocycles. The fourth-order valence-corrected chi connectivity index (χ4v) is 5.94. The summed E-state index contributed by atoms with van der Waals surface area (Å²) in [4.78, 5) is 5.22. The molecule has 0 spiro atoms. The fourth-order valence-electron chi connectivity index (χ4n) is 3.59. The lowest BCUT2D eigenvalue weighted by Gasteiger charge is -2.40. The van der Waals surface area contributed by atoms with Crippen LogP contribution in [0.5, 0.6) is 0 Å². The van der Waals surface area contributed by atoms with Gasteiger partial charge < -0.3 is 0 Å². The maximum absolute atomic E-state index is 2.61. The molecule has 4 rings (SSSR count). The lowest BCUT2D eigenvalue weighted by molar-refractivity contribution is 0.142. The Morgan fingerprint density at radius 2 is 1.00 bits per heavy atom. The molecule has 1 heterocycles. The molecule has 0 bridgehead atoms. The molecule has 1 fully saturated rings. The normalized spacial score (nSPS) is 16.6. The monoisotopic (exact) mass is 360 g/mol. The smallest absolute Gasteiger partial charge is 0.0519 e. The van der Waals surface area contributed by atoms with E-state index in [0.29, 0.717) is 0 Å². The lowest BCUT2D eigenvalue weighted by atomic mass is 10.2. The van der Waals surface area contributed by atoms with Crippen LogP contribution in [0, 0.1) is 0 Å². The lowest BCUT2D eigenvalue weighted by Crippen LogP contribution is -2.44. The minimum Gasteiger partial charge on any atom is -0.282 e. The highest BCUT2D eigenvalue weighted by molar-refractivity contribution is 7.65. The first kappa shape index (κ1) is 17.4. The molecule has 132 valence electrons. The Hall–Kier alpha value is -1.99. The molecular weight excluding hydrogens is 335 g/mol. The highest BCUT2D eigenvalue weighted by Gasteiger charge is 2.26. The molecule has 26 heavy (non-hydrogen) atoms. The van der Waals surface area contributed by atoms with Gasteiger partial charge in [-0.2, -0.15) is 0 Å². The highest BCUT2D eigenvalue weighted by Crippen LogP contribution is 2.40. The van der Waals surface area contributed by atoms with Crippen LogP contribution < -0.4 is 5.30 Å². The van der Waals surface area contributed by atoms with Gasteiger partial charge in [0.25, 0.3) is 0 Å². The van der Waals surface area contributed by atoms with Gasteiger partial charge in [-0.05, 0) is 24.4 Å². The summed E-state index contributed by atoms with van der Waals surface area (Å²) in [6, 6.07) is 32.8. The van der Waals surface area contributed by atoms with Gasteiger partial charge in [0.05, 0.1) is 6.67 Å². The van der Waals surface area contributed by atoms with Gasteiger partial charge in [0.2, 0.25) is 0 Å². The minimum atomic E-state index is -0.186. The molecular formula is C23H25N2P. The van der Waals surface area contributed by atoms with Crippen LogP contribution in [0.25, 0.3) is 0 Å². The van der Waals surface area contributed by atoms with Crippen LogP contribution in [-0.4, -0.2) is 29.0 Å². The quantitative estimate of drug-likeness (QED) is 0.610. The van der Waals surface area contributed by atoms with E-state index in [4.69, 9.17) is 0 Å². The van der Waals surface area contributed by atoms with E-state index in [1.54, 1.807) is 0 Å². The van der Waals surface area contributed by atoms with Crippen molar-refractivity contribution < 1.29 is 0 Å². The average Bonchev–Trinajstić information content (AvgIpc) is 2.70. The molecule has 0 aliphatic carbocycles. The molecule has 0 radical (unpaired) electrons. The highest BCUT2D eigenvalue weighted by atomic mass is 31.1. The molecule has 0 amide bonds. The first-order valence-electron chi connectivity index (χ1n) is 9.19. The summed E-state index contributed by atoms with van der Waals surface area (Å²) >= 11 is 0. The molecule has 3 aromatic carbocycles. The molecule has 0 unspecified atom stereocenters. The zero-order valence-corrected chi connectivity index (χ0v) is 15.9. The van der Waals surface area contributed by atoms with E-state index in [1.165, 1.54) is 29.0 Å². The number of rotatable bonds is 5. The molecule has 1 aliphatic rings. The van der Waals surface area contributed by atoms with Crippen molar-refractivity contribution >= 4 is 13.2 Å². The summed E-state index contributed by atoms with van der Waals surface area (Å²) in [6.45, 7) is 3.09. The summed E-state index contributed by atoms with van der Waals surface area (Å²) in [5.74, 6) is 0. The Kier molecular flexibility index (Phi) is 5.76. The maximum atomic E-state index is 2.61. The van der Waals surface area contributed by atoms with Crippen molar-refractivity contribution in [3.63, 3.8) is 0 Å². The third-order valence-electron chi connectivity index (χ3n) is 4.76. The van der Waals surface area contributed by atoms with E-state index >= 15 is 0 Å². The van der Waals surface area contributed by atoms with Crippen molar-refractivity contribution in [2.75, 3.05) is 19.2 Å². The number of nitrogens with zero attached hydrogens (tertiary/aromatic N) is 2. The summed E-state index contributed by atoms with van der Waals surface area (Å²) in [7, 11) is -0.186. The second-order valence-electron chi connectivity index (χ2n) is 6.93. The van der Waals surface area contributed by atoms with Crippen molar-refractivity contribution in [3.8, 4) is 0 Å². The Morgan fingerprint density at radius 3 is 1.46 bits per heavy atom. The van der Waals surface area contributed by atoms with Gasteiger partial charge in [-0.3, -0.25) is 9.80 Å². The molecule has 3 heteroatoms. The fraction of sp³-hybridized carbons (Fsp3) is 0.217. The summed E-state index contributed by atoms with van der Waals surface area (Å²) in [5, 5.41) is 1.51. The van der Waals surface area contributed by atoms with Gasteiger partial charge in [-0.1, -0.05) is 91.0 Å². The van der Waals surface area contributed by atoms with E-state index in [1.807, 2.05) is 0 Å². The van der Waals surface area contributed by atoms with Gasteiger partial charge in [-0.15, -0.1) is 0 Å². The Bertz CT molecular complexity index is 743. The van der Waals surface area contributed by atoms with E-state index in [2.05, 4.69) is 101 Å². The first-order valence-corrected chi connectivity index (χ1v) is 10.9. The standard InChI is InChI=1S/C23H25N2P/c1-4-10-21(11-5-1)16-24-18-25(17-22-12-6-2-7-13-22)20-26(19-24)23-14-8-3-9-15-23/h1-15H,16-20H2. The van der Waals surface area contributed by atoms with Crippen LogP contribution in [0.4, 0.5) is 0 Å². The van der Waals surface area contributed by atoms with Crippen LogP contribution in [-0.2, 0) is 13.1 Å². The van der Waals surface area contributed by atoms with Gasteiger partial charge >= 0.3 is 0 Å². The Balaban J connectivity index is 1.52. The van der Waals surface area contributed by atoms with Crippen molar-refractivity contribution in [1.82, 2.24) is 9.80 Å². The average molecular weight is 360 g/mol. The van der Waals surface area contributed by atoms with Crippen LogP contribution in [0.3, 0.4) is 0 Å². The Labute approximate surface area is 157 Å². The van der Waals surface area contributed by atoms with E-state index in [0.717, 1.165) is 19.8 Å². The van der Waals surface area contributed by atoms with Crippen molar-refractivity contribution in [2.24, 2.45) is 0 Å². The summed E-state index contributed by atoms with van der Waals surface area (Å²) in [5.41, 5.74) is 2.80. The van der Waals surface area contributed by atoms with Crippen LogP contribution >= 0.6 is 7.92 Å². The number of hydrogen-bond acceptors (Lipinski definition) is 2. The van der Waals surface area contributed by atoms with Crippen LogP contribution in [0.1, 0.15) is 11.1 Å². The minimum absolute atomic E-state index is 0.186. The predicted molar refractivity (Wildman–Crippen MR) is 112 cm³/mol. The Morgan fingerprint density at radius 1 is 0.577 bits per heavy atom. The molecule has 2 nitrogen and oxygen atoms in total. The van der Waals surface area contributed by atoms with Crippen molar-refractivity contribution in [3.05, 3.63) is 102 Å². The first-order chi connectivity index (χ1) is 12.9. The third-order valence-corrected chi connectivity index (χ3v) is 7.27. The molecule has 1 saturated heterocycles. The predicted octanol–water partition coefficient (Wildman–Crippen LogP) is 4.68. The number of benzene rings is 3. The molecule has 0 aromatic heterocycles. The van der Waals surface area contributed by atoms with Crippen LogP contribution in [0.2, 0.25) is 0 Å².